The number of rotatable bonds is 5. The Morgan fingerprint density at radius 3 is 1.93 bits per heavy atom. The highest BCUT2D eigenvalue weighted by molar-refractivity contribution is 7.23. The first-order valence-electron chi connectivity index (χ1n) is 10.0. The Bertz CT molecular complexity index is 907. The fraction of sp³-hybridized carbons (Fsp3) is 0.360. The largest absolute Gasteiger partial charge is 0.363 e. The third kappa shape index (κ3) is 3.63. The van der Waals surface area contributed by atoms with Crippen LogP contribution in [0.3, 0.4) is 0 Å². The van der Waals surface area contributed by atoms with E-state index in [2.05, 4.69) is 79.3 Å². The molecule has 0 spiro atoms. The summed E-state index contributed by atoms with van der Waals surface area (Å²) in [4.78, 5) is 2.37. The van der Waals surface area contributed by atoms with E-state index in [1.54, 1.807) is 0 Å². The van der Waals surface area contributed by atoms with Crippen LogP contribution in [0.5, 0.6) is 0 Å². The van der Waals surface area contributed by atoms with Crippen molar-refractivity contribution in [1.29, 1.82) is 0 Å². The van der Waals surface area contributed by atoms with Crippen LogP contribution in [0.25, 0.3) is 11.1 Å². The van der Waals surface area contributed by atoms with Gasteiger partial charge in [-0.3, -0.25) is 0 Å². The average molecular weight is 378 g/mol. The van der Waals surface area contributed by atoms with Crippen molar-refractivity contribution in [3.05, 3.63) is 81.8 Å². The van der Waals surface area contributed by atoms with E-state index in [4.69, 9.17) is 0 Å². The summed E-state index contributed by atoms with van der Waals surface area (Å²) in [6.07, 6.45) is 3.35. The molecule has 3 rings (SSSR count). The first-order valence-corrected chi connectivity index (χ1v) is 10.6. The Morgan fingerprint density at radius 1 is 0.926 bits per heavy atom. The van der Waals surface area contributed by atoms with E-state index in [0.29, 0.717) is 0 Å². The number of hydrogen-bond acceptors (Lipinski definition) is 1. The summed E-state index contributed by atoms with van der Waals surface area (Å²) >= 11 is 0. The number of aryl methyl sites for hydroxylation is 2. The van der Waals surface area contributed by atoms with Gasteiger partial charge in [0.05, 0.1) is 0 Å². The predicted octanol–water partition coefficient (Wildman–Crippen LogP) is 6.70. The van der Waals surface area contributed by atoms with Crippen molar-refractivity contribution in [2.75, 3.05) is 0 Å². The van der Waals surface area contributed by atoms with Gasteiger partial charge in [0.2, 0.25) is 0 Å². The van der Waals surface area contributed by atoms with E-state index in [1.807, 2.05) is 0 Å². The van der Waals surface area contributed by atoms with Gasteiger partial charge < -0.3 is 4.90 Å². The number of nitrogens with zero attached hydrogens (tertiary/aromatic N) is 1. The molecular formula is C25H32NP. The summed E-state index contributed by atoms with van der Waals surface area (Å²) in [6.45, 7) is 19.3. The summed E-state index contributed by atoms with van der Waals surface area (Å²) in [6, 6.07) is 9.23. The highest BCUT2D eigenvalue weighted by Gasteiger charge is 2.25. The summed E-state index contributed by atoms with van der Waals surface area (Å²) in [5.41, 5.74) is 12.6. The molecule has 2 aromatic carbocycles. The van der Waals surface area contributed by atoms with Gasteiger partial charge in [0.15, 0.2) is 0 Å². The lowest BCUT2D eigenvalue weighted by atomic mass is 9.83. The normalized spacial score (nSPS) is 13.0. The molecular weight excluding hydrogens is 345 g/mol. The van der Waals surface area contributed by atoms with Gasteiger partial charge >= 0.3 is 0 Å². The lowest BCUT2D eigenvalue weighted by molar-refractivity contribution is 0.343. The molecule has 27 heavy (non-hydrogen) atoms. The highest BCUT2D eigenvalue weighted by Crippen LogP contribution is 2.41. The Morgan fingerprint density at radius 2 is 1.44 bits per heavy atom. The third-order valence-corrected chi connectivity index (χ3v) is 6.18. The van der Waals surface area contributed by atoms with Gasteiger partial charge in [-0.1, -0.05) is 57.7 Å². The molecule has 0 fully saturated rings. The Balaban J connectivity index is 2.35. The standard InChI is InChI=1S/C25H32NP/c1-7-9-23-17(4)11-13-21-15-26(18(5)19(6)27)14-20-12-10-16(3)22(8-2)24(20)25(21)23/h10-13H,5-9,14-15,27H2,1-4H3. The second kappa shape index (κ2) is 8.03. The molecule has 1 unspecified atom stereocenters. The van der Waals surface area contributed by atoms with Crippen LogP contribution in [-0.4, -0.2) is 4.90 Å². The van der Waals surface area contributed by atoms with Crippen LogP contribution in [0.1, 0.15) is 53.6 Å². The molecule has 2 heteroatoms. The van der Waals surface area contributed by atoms with Crippen LogP contribution in [0.15, 0.2) is 48.4 Å². The molecule has 0 aliphatic carbocycles. The maximum Gasteiger partial charge on any atom is 0.0439 e. The van der Waals surface area contributed by atoms with E-state index in [9.17, 15) is 0 Å². The minimum absolute atomic E-state index is 0.883. The number of benzene rings is 2. The molecule has 1 heterocycles. The van der Waals surface area contributed by atoms with Gasteiger partial charge in [0.25, 0.3) is 0 Å². The van der Waals surface area contributed by atoms with Crippen LogP contribution < -0.4 is 0 Å². The zero-order valence-electron chi connectivity index (χ0n) is 17.3. The number of hydrogen-bond donors (Lipinski definition) is 0. The molecule has 142 valence electrons. The van der Waals surface area contributed by atoms with Gasteiger partial charge in [-0.2, -0.15) is 0 Å². The quantitative estimate of drug-likeness (QED) is 0.414. The van der Waals surface area contributed by atoms with Gasteiger partial charge in [-0.05, 0) is 76.5 Å². The second-order valence-electron chi connectivity index (χ2n) is 7.72. The van der Waals surface area contributed by atoms with E-state index in [0.717, 1.165) is 36.9 Å². The van der Waals surface area contributed by atoms with Gasteiger partial charge in [-0.25, -0.2) is 0 Å². The fourth-order valence-electron chi connectivity index (χ4n) is 4.38. The minimum Gasteiger partial charge on any atom is -0.363 e. The monoisotopic (exact) mass is 377 g/mol. The fourth-order valence-corrected chi connectivity index (χ4v) is 4.56. The van der Waals surface area contributed by atoms with Gasteiger partial charge in [0, 0.05) is 18.8 Å². The van der Waals surface area contributed by atoms with E-state index in [1.165, 1.54) is 50.9 Å². The summed E-state index contributed by atoms with van der Waals surface area (Å²) in [7, 11) is 2.71. The van der Waals surface area contributed by atoms with Crippen LogP contribution in [0, 0.1) is 13.8 Å². The van der Waals surface area contributed by atoms with Crippen molar-refractivity contribution in [2.24, 2.45) is 0 Å². The summed E-state index contributed by atoms with van der Waals surface area (Å²) in [5, 5.41) is 0.962. The SMILES string of the molecule is C=C(P)C(=C)N1Cc2ccc(C)c(CC)c2-c2c(ccc(C)c2CCC)C1. The maximum absolute atomic E-state index is 4.31. The van der Waals surface area contributed by atoms with Crippen molar-refractivity contribution < 1.29 is 0 Å². The first kappa shape index (κ1) is 19.9. The molecule has 2 aromatic rings. The molecule has 0 N–H and O–H groups in total. The van der Waals surface area contributed by atoms with Crippen molar-refractivity contribution in [3.8, 4) is 11.1 Å². The molecule has 1 atom stereocenters. The van der Waals surface area contributed by atoms with Crippen molar-refractivity contribution >= 4 is 9.24 Å². The topological polar surface area (TPSA) is 3.24 Å². The average Bonchev–Trinajstić information content (AvgIpc) is 2.80. The molecule has 0 saturated heterocycles. The molecule has 0 amide bonds. The Hall–Kier alpha value is -1.85. The molecule has 0 bridgehead atoms. The highest BCUT2D eigenvalue weighted by atomic mass is 31.0. The molecule has 1 aliphatic rings. The Kier molecular flexibility index (Phi) is 5.92. The van der Waals surface area contributed by atoms with Crippen LogP contribution in [-0.2, 0) is 25.9 Å². The lowest BCUT2D eigenvalue weighted by Gasteiger charge is -2.26. The zero-order valence-corrected chi connectivity index (χ0v) is 18.4. The van der Waals surface area contributed by atoms with E-state index in [-0.39, 0.29) is 0 Å². The number of fused-ring (bicyclic) bond motifs is 3. The zero-order chi connectivity index (χ0) is 19.7. The smallest absolute Gasteiger partial charge is 0.0439 e. The van der Waals surface area contributed by atoms with Crippen LogP contribution in [0.4, 0.5) is 0 Å². The molecule has 0 aromatic heterocycles. The van der Waals surface area contributed by atoms with E-state index >= 15 is 0 Å². The van der Waals surface area contributed by atoms with Crippen molar-refractivity contribution in [2.45, 2.75) is 60.0 Å². The Labute approximate surface area is 167 Å². The maximum atomic E-state index is 4.31. The summed E-state index contributed by atoms with van der Waals surface area (Å²) < 4.78 is 0. The predicted molar refractivity (Wildman–Crippen MR) is 122 cm³/mol. The van der Waals surface area contributed by atoms with Gasteiger partial charge in [-0.15, -0.1) is 9.24 Å². The number of allylic oxidation sites excluding steroid dienone is 1. The van der Waals surface area contributed by atoms with Crippen LogP contribution >= 0.6 is 9.24 Å². The van der Waals surface area contributed by atoms with Gasteiger partial charge in [0.1, 0.15) is 0 Å². The first-order chi connectivity index (χ1) is 12.9. The molecule has 1 aliphatic heterocycles. The molecule has 1 nitrogen and oxygen atoms in total. The lowest BCUT2D eigenvalue weighted by Crippen LogP contribution is -2.20. The molecule has 0 radical (unpaired) electrons. The third-order valence-electron chi connectivity index (χ3n) is 5.85. The van der Waals surface area contributed by atoms with Crippen molar-refractivity contribution in [3.63, 3.8) is 0 Å². The second-order valence-corrected chi connectivity index (χ2v) is 8.42. The van der Waals surface area contributed by atoms with E-state index < -0.39 is 0 Å². The van der Waals surface area contributed by atoms with Crippen LogP contribution in [0.2, 0.25) is 0 Å². The van der Waals surface area contributed by atoms with Crippen molar-refractivity contribution in [1.82, 2.24) is 4.90 Å². The molecule has 0 saturated carbocycles. The minimum atomic E-state index is 0.883. The summed E-state index contributed by atoms with van der Waals surface area (Å²) in [5.74, 6) is 0.